The quantitative estimate of drug-likeness (QED) is 0.732. The number of rotatable bonds is 2. The third kappa shape index (κ3) is 4.57. The van der Waals surface area contributed by atoms with Gasteiger partial charge in [0.05, 0.1) is 6.26 Å². The molecule has 9 heteroatoms. The zero-order valence-electron chi connectivity index (χ0n) is 13.8. The number of hydrogen-bond acceptors (Lipinski definition) is 4. The van der Waals surface area contributed by atoms with Crippen LogP contribution >= 0.6 is 0 Å². The van der Waals surface area contributed by atoms with Gasteiger partial charge >= 0.3 is 6.03 Å². The predicted molar refractivity (Wildman–Crippen MR) is 86.4 cm³/mol. The first kappa shape index (κ1) is 18.0. The normalized spacial score (nSPS) is 21.8. The van der Waals surface area contributed by atoms with Crippen molar-refractivity contribution in [3.8, 4) is 0 Å². The minimum absolute atomic E-state index is 0.0944. The molecule has 0 aromatic carbocycles. The van der Waals surface area contributed by atoms with E-state index < -0.39 is 10.0 Å². The molecule has 0 aromatic heterocycles. The molecule has 2 aliphatic heterocycles. The van der Waals surface area contributed by atoms with Crippen LogP contribution in [-0.2, 0) is 14.8 Å². The van der Waals surface area contributed by atoms with E-state index in [1.807, 2.05) is 4.90 Å². The van der Waals surface area contributed by atoms with Crippen LogP contribution in [0, 0.1) is 5.92 Å². The van der Waals surface area contributed by atoms with Crippen LogP contribution in [0.3, 0.4) is 0 Å². The number of carbonyl (C=O) groups is 2. The second-order valence-corrected chi connectivity index (χ2v) is 8.14. The topological polar surface area (TPSA) is 90.0 Å². The lowest BCUT2D eigenvalue weighted by Crippen LogP contribution is -2.45. The molecule has 8 nitrogen and oxygen atoms in total. The Kier molecular flexibility index (Phi) is 5.85. The highest BCUT2D eigenvalue weighted by Gasteiger charge is 2.32. The van der Waals surface area contributed by atoms with Crippen molar-refractivity contribution in [3.05, 3.63) is 0 Å². The van der Waals surface area contributed by atoms with E-state index in [1.165, 1.54) is 10.6 Å². The molecule has 2 rings (SSSR count). The van der Waals surface area contributed by atoms with E-state index in [0.717, 1.165) is 6.42 Å². The molecule has 0 aliphatic carbocycles. The maximum absolute atomic E-state index is 12.6. The van der Waals surface area contributed by atoms with Gasteiger partial charge < -0.3 is 15.1 Å². The monoisotopic (exact) mass is 346 g/mol. The van der Waals surface area contributed by atoms with Gasteiger partial charge in [0.25, 0.3) is 0 Å². The summed E-state index contributed by atoms with van der Waals surface area (Å²) in [5.74, 6) is -0.0172. The standard InChI is InChI=1S/C14H26N4O4S/c1-15-14(20)17-7-3-6-16(10-11-17)13(19)12-4-8-18(9-5-12)23(2,21)22/h12H,3-11H2,1-2H3,(H,15,20). The van der Waals surface area contributed by atoms with Crippen molar-refractivity contribution in [2.75, 3.05) is 52.6 Å². The van der Waals surface area contributed by atoms with E-state index in [4.69, 9.17) is 0 Å². The summed E-state index contributed by atoms with van der Waals surface area (Å²) in [6.45, 7) is 3.20. The molecule has 3 amide bonds. The van der Waals surface area contributed by atoms with Gasteiger partial charge in [-0.05, 0) is 19.3 Å². The van der Waals surface area contributed by atoms with Crippen LogP contribution in [-0.4, -0.2) is 87.0 Å². The lowest BCUT2D eigenvalue weighted by molar-refractivity contribution is -0.136. The smallest absolute Gasteiger partial charge is 0.317 e. The molecular weight excluding hydrogens is 320 g/mol. The number of carbonyl (C=O) groups excluding carboxylic acids is 2. The number of amides is 3. The van der Waals surface area contributed by atoms with Crippen LogP contribution in [0.2, 0.25) is 0 Å². The molecule has 0 saturated carbocycles. The third-order valence-corrected chi connectivity index (χ3v) is 5.88. The lowest BCUT2D eigenvalue weighted by Gasteiger charge is -2.32. The Morgan fingerprint density at radius 1 is 0.957 bits per heavy atom. The Labute approximate surface area is 137 Å². The van der Waals surface area contributed by atoms with Crippen molar-refractivity contribution in [2.24, 2.45) is 5.92 Å². The van der Waals surface area contributed by atoms with Gasteiger partial charge in [0.1, 0.15) is 0 Å². The number of urea groups is 1. The Hall–Kier alpha value is -1.35. The summed E-state index contributed by atoms with van der Waals surface area (Å²) in [7, 11) is -1.57. The van der Waals surface area contributed by atoms with Crippen LogP contribution in [0.5, 0.6) is 0 Å². The van der Waals surface area contributed by atoms with Gasteiger partial charge in [0.2, 0.25) is 15.9 Å². The summed E-state index contributed by atoms with van der Waals surface area (Å²) in [6, 6.07) is -0.110. The van der Waals surface area contributed by atoms with Crippen LogP contribution in [0.15, 0.2) is 0 Å². The molecule has 0 spiro atoms. The van der Waals surface area contributed by atoms with E-state index in [0.29, 0.717) is 52.1 Å². The molecule has 2 saturated heterocycles. The maximum Gasteiger partial charge on any atom is 0.317 e. The average Bonchev–Trinajstić information content (AvgIpc) is 2.78. The van der Waals surface area contributed by atoms with E-state index in [9.17, 15) is 18.0 Å². The highest BCUT2D eigenvalue weighted by Crippen LogP contribution is 2.22. The molecule has 2 heterocycles. The van der Waals surface area contributed by atoms with E-state index >= 15 is 0 Å². The highest BCUT2D eigenvalue weighted by atomic mass is 32.2. The van der Waals surface area contributed by atoms with Crippen LogP contribution in [0.4, 0.5) is 4.79 Å². The minimum atomic E-state index is -3.17. The summed E-state index contributed by atoms with van der Waals surface area (Å²) < 4.78 is 24.5. The molecule has 1 N–H and O–H groups in total. The van der Waals surface area contributed by atoms with Crippen LogP contribution in [0.25, 0.3) is 0 Å². The maximum atomic E-state index is 12.6. The van der Waals surface area contributed by atoms with Crippen molar-refractivity contribution in [1.29, 1.82) is 0 Å². The SMILES string of the molecule is CNC(=O)N1CCCN(C(=O)C2CCN(S(C)(=O)=O)CC2)CC1. The number of hydrogen-bond donors (Lipinski definition) is 1. The molecule has 132 valence electrons. The fourth-order valence-electron chi connectivity index (χ4n) is 3.19. The van der Waals surface area contributed by atoms with Gasteiger partial charge in [-0.2, -0.15) is 0 Å². The third-order valence-electron chi connectivity index (χ3n) is 4.58. The van der Waals surface area contributed by atoms with Gasteiger partial charge in [0, 0.05) is 52.2 Å². The molecular formula is C14H26N4O4S. The number of nitrogens with zero attached hydrogens (tertiary/aromatic N) is 3. The average molecular weight is 346 g/mol. The summed E-state index contributed by atoms with van der Waals surface area (Å²) in [5.41, 5.74) is 0. The molecule has 0 radical (unpaired) electrons. The Balaban J connectivity index is 1.88. The summed E-state index contributed by atoms with van der Waals surface area (Å²) in [6.07, 6.45) is 3.11. The zero-order valence-corrected chi connectivity index (χ0v) is 14.6. The number of sulfonamides is 1. The van der Waals surface area contributed by atoms with Crippen molar-refractivity contribution in [3.63, 3.8) is 0 Å². The number of piperidine rings is 1. The first-order valence-electron chi connectivity index (χ1n) is 8.03. The lowest BCUT2D eigenvalue weighted by atomic mass is 9.96. The molecule has 2 aliphatic rings. The fourth-order valence-corrected chi connectivity index (χ4v) is 4.07. The van der Waals surface area contributed by atoms with Gasteiger partial charge in [0.15, 0.2) is 0 Å². The first-order valence-corrected chi connectivity index (χ1v) is 9.88. The second kappa shape index (κ2) is 7.48. The molecule has 0 bridgehead atoms. The molecule has 23 heavy (non-hydrogen) atoms. The van der Waals surface area contributed by atoms with Gasteiger partial charge in [-0.3, -0.25) is 4.79 Å². The predicted octanol–water partition coefficient (Wildman–Crippen LogP) is -0.468. The zero-order chi connectivity index (χ0) is 17.0. The van der Waals surface area contributed by atoms with E-state index in [-0.39, 0.29) is 17.9 Å². The molecule has 0 aromatic rings. The molecule has 0 atom stereocenters. The number of nitrogens with one attached hydrogen (secondary N) is 1. The summed E-state index contributed by atoms with van der Waals surface area (Å²) >= 11 is 0. The summed E-state index contributed by atoms with van der Waals surface area (Å²) in [4.78, 5) is 27.9. The van der Waals surface area contributed by atoms with Crippen LogP contribution < -0.4 is 5.32 Å². The second-order valence-electron chi connectivity index (χ2n) is 6.16. The fraction of sp³-hybridized carbons (Fsp3) is 0.857. The molecule has 0 unspecified atom stereocenters. The van der Waals surface area contributed by atoms with Crippen molar-refractivity contribution >= 4 is 22.0 Å². The van der Waals surface area contributed by atoms with Crippen LogP contribution in [0.1, 0.15) is 19.3 Å². The van der Waals surface area contributed by atoms with Gasteiger partial charge in [-0.15, -0.1) is 0 Å². The van der Waals surface area contributed by atoms with Crippen molar-refractivity contribution < 1.29 is 18.0 Å². The highest BCUT2D eigenvalue weighted by molar-refractivity contribution is 7.88. The van der Waals surface area contributed by atoms with E-state index in [1.54, 1.807) is 11.9 Å². The van der Waals surface area contributed by atoms with Crippen molar-refractivity contribution in [1.82, 2.24) is 19.4 Å². The largest absolute Gasteiger partial charge is 0.341 e. The Bertz CT molecular complexity index is 543. The summed E-state index contributed by atoms with van der Waals surface area (Å²) in [5, 5.41) is 2.61. The van der Waals surface area contributed by atoms with E-state index in [2.05, 4.69) is 5.32 Å². The van der Waals surface area contributed by atoms with Gasteiger partial charge in [-0.1, -0.05) is 0 Å². The Morgan fingerprint density at radius 3 is 2.09 bits per heavy atom. The van der Waals surface area contributed by atoms with Gasteiger partial charge in [-0.25, -0.2) is 17.5 Å². The molecule has 2 fully saturated rings. The van der Waals surface area contributed by atoms with Crippen molar-refractivity contribution in [2.45, 2.75) is 19.3 Å². The minimum Gasteiger partial charge on any atom is -0.341 e. The Morgan fingerprint density at radius 2 is 1.52 bits per heavy atom. The first-order chi connectivity index (χ1) is 10.8.